The van der Waals surface area contributed by atoms with Crippen molar-refractivity contribution in [1.29, 1.82) is 0 Å². The van der Waals surface area contributed by atoms with Gasteiger partial charge < -0.3 is 20.4 Å². The van der Waals surface area contributed by atoms with Gasteiger partial charge in [-0.2, -0.15) is 0 Å². The topological polar surface area (TPSA) is 66.2 Å². The lowest BCUT2D eigenvalue weighted by Crippen LogP contribution is -2.28. The van der Waals surface area contributed by atoms with Gasteiger partial charge in [-0.1, -0.05) is 6.07 Å². The molecule has 2 aliphatic rings. The number of hydrogen-bond donors (Lipinski definition) is 3. The van der Waals surface area contributed by atoms with E-state index in [1.165, 1.54) is 34.9 Å². The van der Waals surface area contributed by atoms with Crippen molar-refractivity contribution in [2.75, 3.05) is 19.7 Å². The van der Waals surface area contributed by atoms with E-state index in [1.54, 1.807) is 0 Å². The van der Waals surface area contributed by atoms with Crippen LogP contribution in [0.4, 0.5) is 4.79 Å². The molecule has 0 radical (unpaired) electrons. The molecule has 0 saturated carbocycles. The normalized spacial score (nSPS) is 22.7. The van der Waals surface area contributed by atoms with E-state index in [9.17, 15) is 4.79 Å². The lowest BCUT2D eigenvalue weighted by molar-refractivity contribution is 0.177. The number of aromatic amines is 1. The Morgan fingerprint density at radius 2 is 2.09 bits per heavy atom. The molecule has 2 saturated heterocycles. The quantitative estimate of drug-likeness (QED) is 0.814. The molecular weight excluding hydrogens is 278 g/mol. The highest BCUT2D eigenvalue weighted by molar-refractivity contribution is 5.84. The minimum atomic E-state index is -0.303. The van der Waals surface area contributed by atoms with E-state index in [1.807, 2.05) is 0 Å². The van der Waals surface area contributed by atoms with E-state index in [2.05, 4.69) is 40.0 Å². The number of cyclic esters (lactones) is 1. The monoisotopic (exact) mass is 299 g/mol. The summed E-state index contributed by atoms with van der Waals surface area (Å²) in [6.07, 6.45) is 5.08. The summed E-state index contributed by atoms with van der Waals surface area (Å²) >= 11 is 0. The van der Waals surface area contributed by atoms with Crippen molar-refractivity contribution in [2.24, 2.45) is 0 Å². The SMILES string of the molecule is O=C1N[C@H](Cc2ccc3[nH]cc(C4CCNCC4)c3c2)CO1. The predicted octanol–water partition coefficient (Wildman–Crippen LogP) is 2.29. The number of benzene rings is 1. The summed E-state index contributed by atoms with van der Waals surface area (Å²) in [6, 6.07) is 6.64. The second-order valence-corrected chi connectivity index (χ2v) is 6.29. The molecule has 116 valence electrons. The summed E-state index contributed by atoms with van der Waals surface area (Å²) in [5, 5.41) is 7.60. The molecule has 0 aliphatic carbocycles. The average molecular weight is 299 g/mol. The van der Waals surface area contributed by atoms with E-state index in [-0.39, 0.29) is 12.1 Å². The summed E-state index contributed by atoms with van der Waals surface area (Å²) in [4.78, 5) is 14.5. The minimum absolute atomic E-state index is 0.0891. The molecule has 0 bridgehead atoms. The van der Waals surface area contributed by atoms with Gasteiger partial charge in [0.2, 0.25) is 0 Å². The lowest BCUT2D eigenvalue weighted by Gasteiger charge is -2.22. The summed E-state index contributed by atoms with van der Waals surface area (Å²) < 4.78 is 4.97. The number of ether oxygens (including phenoxy) is 1. The number of H-pyrrole nitrogens is 1. The minimum Gasteiger partial charge on any atom is -0.447 e. The number of aromatic nitrogens is 1. The number of carbonyl (C=O) groups is 1. The van der Waals surface area contributed by atoms with Crippen molar-refractivity contribution in [1.82, 2.24) is 15.6 Å². The maximum absolute atomic E-state index is 11.1. The van der Waals surface area contributed by atoms with Gasteiger partial charge in [-0.3, -0.25) is 0 Å². The van der Waals surface area contributed by atoms with Crippen LogP contribution in [0, 0.1) is 0 Å². The van der Waals surface area contributed by atoms with Gasteiger partial charge in [-0.25, -0.2) is 4.79 Å². The third-order valence-electron chi connectivity index (χ3n) is 4.78. The Labute approximate surface area is 129 Å². The summed E-state index contributed by atoms with van der Waals surface area (Å²) in [5.74, 6) is 0.639. The van der Waals surface area contributed by atoms with Gasteiger partial charge in [0.05, 0.1) is 6.04 Å². The van der Waals surface area contributed by atoms with Crippen molar-refractivity contribution in [2.45, 2.75) is 31.2 Å². The van der Waals surface area contributed by atoms with Crippen LogP contribution in [0.3, 0.4) is 0 Å². The average Bonchev–Trinajstić information content (AvgIpc) is 3.14. The third-order valence-corrected chi connectivity index (χ3v) is 4.78. The largest absolute Gasteiger partial charge is 0.447 e. The highest BCUT2D eigenvalue weighted by Gasteiger charge is 2.23. The van der Waals surface area contributed by atoms with Gasteiger partial charge in [0, 0.05) is 17.1 Å². The first-order valence-electron chi connectivity index (χ1n) is 8.03. The number of piperidine rings is 1. The maximum atomic E-state index is 11.1. The Kier molecular flexibility index (Phi) is 3.50. The van der Waals surface area contributed by atoms with Crippen LogP contribution in [-0.2, 0) is 11.2 Å². The number of fused-ring (bicyclic) bond motifs is 1. The Morgan fingerprint density at radius 1 is 1.23 bits per heavy atom. The van der Waals surface area contributed by atoms with E-state index in [4.69, 9.17) is 4.74 Å². The Bertz CT molecular complexity index is 688. The zero-order valence-electron chi connectivity index (χ0n) is 12.5. The van der Waals surface area contributed by atoms with Crippen LogP contribution in [0.5, 0.6) is 0 Å². The molecule has 0 unspecified atom stereocenters. The predicted molar refractivity (Wildman–Crippen MR) is 85.1 cm³/mol. The smallest absolute Gasteiger partial charge is 0.407 e. The number of amides is 1. The van der Waals surface area contributed by atoms with Crippen LogP contribution in [0.15, 0.2) is 24.4 Å². The van der Waals surface area contributed by atoms with Crippen LogP contribution in [0.2, 0.25) is 0 Å². The van der Waals surface area contributed by atoms with E-state index in [0.717, 1.165) is 19.5 Å². The number of hydrogen-bond acceptors (Lipinski definition) is 3. The fraction of sp³-hybridized carbons (Fsp3) is 0.471. The molecule has 1 aromatic heterocycles. The van der Waals surface area contributed by atoms with Crippen LogP contribution < -0.4 is 10.6 Å². The Hall–Kier alpha value is -2.01. The molecule has 0 spiro atoms. The molecule has 3 heterocycles. The second-order valence-electron chi connectivity index (χ2n) is 6.29. The number of rotatable bonds is 3. The zero-order chi connectivity index (χ0) is 14.9. The van der Waals surface area contributed by atoms with Gasteiger partial charge in [-0.05, 0) is 61.5 Å². The molecule has 5 nitrogen and oxygen atoms in total. The van der Waals surface area contributed by atoms with Gasteiger partial charge >= 0.3 is 6.09 Å². The third kappa shape index (κ3) is 2.57. The molecule has 2 aliphatic heterocycles. The summed E-state index contributed by atoms with van der Waals surface area (Å²) in [5.41, 5.74) is 3.88. The van der Waals surface area contributed by atoms with Gasteiger partial charge in [0.25, 0.3) is 0 Å². The van der Waals surface area contributed by atoms with Crippen molar-refractivity contribution >= 4 is 17.0 Å². The number of nitrogens with one attached hydrogen (secondary N) is 3. The van der Waals surface area contributed by atoms with Crippen molar-refractivity contribution in [3.8, 4) is 0 Å². The van der Waals surface area contributed by atoms with E-state index in [0.29, 0.717) is 12.5 Å². The van der Waals surface area contributed by atoms with E-state index < -0.39 is 0 Å². The van der Waals surface area contributed by atoms with Crippen molar-refractivity contribution in [3.05, 3.63) is 35.5 Å². The van der Waals surface area contributed by atoms with Gasteiger partial charge in [-0.15, -0.1) is 0 Å². The van der Waals surface area contributed by atoms with Crippen LogP contribution in [0.25, 0.3) is 10.9 Å². The van der Waals surface area contributed by atoms with Crippen LogP contribution in [0.1, 0.15) is 29.9 Å². The van der Waals surface area contributed by atoms with Gasteiger partial charge in [0.1, 0.15) is 6.61 Å². The molecule has 22 heavy (non-hydrogen) atoms. The summed E-state index contributed by atoms with van der Waals surface area (Å²) in [6.45, 7) is 2.66. The van der Waals surface area contributed by atoms with Crippen molar-refractivity contribution < 1.29 is 9.53 Å². The first-order valence-corrected chi connectivity index (χ1v) is 8.03. The lowest BCUT2D eigenvalue weighted by atomic mass is 9.89. The Balaban J connectivity index is 1.60. The van der Waals surface area contributed by atoms with Crippen LogP contribution >= 0.6 is 0 Å². The molecule has 4 rings (SSSR count). The van der Waals surface area contributed by atoms with Crippen molar-refractivity contribution in [3.63, 3.8) is 0 Å². The molecule has 1 atom stereocenters. The molecule has 3 N–H and O–H groups in total. The maximum Gasteiger partial charge on any atom is 0.407 e. The van der Waals surface area contributed by atoms with E-state index >= 15 is 0 Å². The Morgan fingerprint density at radius 3 is 2.86 bits per heavy atom. The summed E-state index contributed by atoms with van der Waals surface area (Å²) in [7, 11) is 0. The first kappa shape index (κ1) is 13.6. The molecule has 1 aromatic carbocycles. The second kappa shape index (κ2) is 5.65. The fourth-order valence-corrected chi connectivity index (χ4v) is 3.61. The van der Waals surface area contributed by atoms with Crippen LogP contribution in [-0.4, -0.2) is 36.8 Å². The molecule has 5 heteroatoms. The molecule has 1 amide bonds. The molecule has 2 fully saturated rings. The molecular formula is C17H21N3O2. The zero-order valence-corrected chi connectivity index (χ0v) is 12.5. The molecule has 2 aromatic rings. The fourth-order valence-electron chi connectivity index (χ4n) is 3.61. The number of carbonyl (C=O) groups excluding carboxylic acids is 1. The van der Waals surface area contributed by atoms with Gasteiger partial charge in [0.15, 0.2) is 0 Å². The highest BCUT2D eigenvalue weighted by Crippen LogP contribution is 2.32. The first-order chi connectivity index (χ1) is 10.8. The highest BCUT2D eigenvalue weighted by atomic mass is 16.6. The number of alkyl carbamates (subject to hydrolysis) is 1. The standard InChI is InChI=1S/C17H21N3O2/c21-17-20-13(10-22-17)7-11-1-2-16-14(8-11)15(9-19-16)12-3-5-18-6-4-12/h1-2,8-9,12-13,18-19H,3-7,10H2,(H,20,21)/t13-/m1/s1.